The molecule has 0 aromatic heterocycles. The zero-order valence-electron chi connectivity index (χ0n) is 16.9. The summed E-state index contributed by atoms with van der Waals surface area (Å²) in [5.41, 5.74) is 3.13. The SMILES string of the molecule is O=C(CONC1=CCN(S(=O)(=O)c2cccc(C(F)(F)F)c2)CC1)NCc1ccccc1. The van der Waals surface area contributed by atoms with E-state index in [1.54, 1.807) is 6.08 Å². The Morgan fingerprint density at radius 1 is 1.09 bits per heavy atom. The Kier molecular flexibility index (Phi) is 7.54. The van der Waals surface area contributed by atoms with Gasteiger partial charge >= 0.3 is 6.18 Å². The number of nitrogens with zero attached hydrogens (tertiary/aromatic N) is 1. The Balaban J connectivity index is 1.48. The second-order valence-corrected chi connectivity index (χ2v) is 8.96. The summed E-state index contributed by atoms with van der Waals surface area (Å²) in [5, 5.41) is 2.71. The van der Waals surface area contributed by atoms with Crippen LogP contribution in [0.4, 0.5) is 13.2 Å². The van der Waals surface area contributed by atoms with Gasteiger partial charge < -0.3 is 5.32 Å². The van der Waals surface area contributed by atoms with Crippen LogP contribution in [0.3, 0.4) is 0 Å². The highest BCUT2D eigenvalue weighted by molar-refractivity contribution is 7.89. The number of alkyl halides is 3. The molecule has 0 bridgehead atoms. The van der Waals surface area contributed by atoms with Crippen molar-refractivity contribution < 1.29 is 31.2 Å². The van der Waals surface area contributed by atoms with Gasteiger partial charge in [-0.15, -0.1) is 0 Å². The van der Waals surface area contributed by atoms with Gasteiger partial charge in [0, 0.05) is 31.8 Å². The van der Waals surface area contributed by atoms with E-state index in [1.807, 2.05) is 30.3 Å². The molecule has 2 N–H and O–H groups in total. The summed E-state index contributed by atoms with van der Waals surface area (Å²) in [6, 6.07) is 13.0. The van der Waals surface area contributed by atoms with E-state index in [9.17, 15) is 26.4 Å². The van der Waals surface area contributed by atoms with Gasteiger partial charge in [0.15, 0.2) is 6.61 Å². The van der Waals surface area contributed by atoms with Crippen LogP contribution in [0.25, 0.3) is 0 Å². The third-order valence-corrected chi connectivity index (χ3v) is 6.57. The van der Waals surface area contributed by atoms with E-state index >= 15 is 0 Å². The van der Waals surface area contributed by atoms with Crippen molar-refractivity contribution >= 4 is 15.9 Å². The molecule has 32 heavy (non-hydrogen) atoms. The summed E-state index contributed by atoms with van der Waals surface area (Å²) in [4.78, 5) is 16.6. The maximum Gasteiger partial charge on any atom is 0.416 e. The Morgan fingerprint density at radius 3 is 2.50 bits per heavy atom. The molecule has 0 atom stereocenters. The minimum Gasteiger partial charge on any atom is -0.350 e. The first kappa shape index (κ1) is 23.8. The monoisotopic (exact) mass is 469 g/mol. The van der Waals surface area contributed by atoms with E-state index in [0.29, 0.717) is 18.3 Å². The van der Waals surface area contributed by atoms with Crippen molar-refractivity contribution in [1.82, 2.24) is 15.1 Å². The van der Waals surface area contributed by atoms with Gasteiger partial charge in [0.05, 0.1) is 10.5 Å². The molecule has 0 aliphatic carbocycles. The Bertz CT molecular complexity index is 1070. The van der Waals surface area contributed by atoms with E-state index in [0.717, 1.165) is 28.1 Å². The number of benzene rings is 2. The molecule has 1 aliphatic rings. The largest absolute Gasteiger partial charge is 0.416 e. The molecule has 7 nitrogen and oxygen atoms in total. The normalized spacial score (nSPS) is 15.2. The first-order chi connectivity index (χ1) is 15.2. The highest BCUT2D eigenvalue weighted by atomic mass is 32.2. The molecule has 1 amide bonds. The van der Waals surface area contributed by atoms with Gasteiger partial charge in [-0.25, -0.2) is 8.42 Å². The predicted octanol–water partition coefficient (Wildman–Crippen LogP) is 2.82. The first-order valence-electron chi connectivity index (χ1n) is 9.71. The van der Waals surface area contributed by atoms with Gasteiger partial charge in [0.25, 0.3) is 0 Å². The molecule has 0 spiro atoms. The maximum absolute atomic E-state index is 12.9. The molecule has 2 aromatic carbocycles. The first-order valence-corrected chi connectivity index (χ1v) is 11.1. The Labute approximate surface area is 183 Å². The third-order valence-electron chi connectivity index (χ3n) is 4.71. The maximum atomic E-state index is 12.9. The number of nitrogens with one attached hydrogen (secondary N) is 2. The van der Waals surface area contributed by atoms with E-state index in [-0.39, 0.29) is 32.0 Å². The van der Waals surface area contributed by atoms with Gasteiger partial charge in [-0.1, -0.05) is 36.4 Å². The van der Waals surface area contributed by atoms with Crippen LogP contribution >= 0.6 is 0 Å². The lowest BCUT2D eigenvalue weighted by atomic mass is 10.2. The smallest absolute Gasteiger partial charge is 0.350 e. The van der Waals surface area contributed by atoms with Crippen molar-refractivity contribution in [2.24, 2.45) is 0 Å². The number of sulfonamides is 1. The molecule has 0 saturated heterocycles. The number of hydrogen-bond acceptors (Lipinski definition) is 5. The number of hydrogen-bond donors (Lipinski definition) is 2. The molecule has 3 rings (SSSR count). The van der Waals surface area contributed by atoms with Crippen LogP contribution in [-0.2, 0) is 32.4 Å². The number of carbonyl (C=O) groups excluding carboxylic acids is 1. The minimum atomic E-state index is -4.63. The molecule has 1 aliphatic heterocycles. The minimum absolute atomic E-state index is 0.0372. The zero-order valence-corrected chi connectivity index (χ0v) is 17.7. The Hall–Kier alpha value is -2.89. The predicted molar refractivity (Wildman–Crippen MR) is 110 cm³/mol. The summed E-state index contributed by atoms with van der Waals surface area (Å²) in [6.45, 7) is 0.149. The second kappa shape index (κ2) is 10.2. The van der Waals surface area contributed by atoms with E-state index in [1.165, 1.54) is 0 Å². The van der Waals surface area contributed by atoms with Gasteiger partial charge in [0.1, 0.15) is 0 Å². The van der Waals surface area contributed by atoms with Gasteiger partial charge in [-0.3, -0.25) is 15.1 Å². The van der Waals surface area contributed by atoms with Crippen molar-refractivity contribution in [3.05, 3.63) is 77.5 Å². The van der Waals surface area contributed by atoms with Crippen molar-refractivity contribution in [2.75, 3.05) is 19.7 Å². The number of amides is 1. The quantitative estimate of drug-likeness (QED) is 0.581. The number of rotatable bonds is 8. The van der Waals surface area contributed by atoms with Crippen molar-refractivity contribution in [1.29, 1.82) is 0 Å². The lowest BCUT2D eigenvalue weighted by Gasteiger charge is -2.26. The Morgan fingerprint density at radius 2 is 1.84 bits per heavy atom. The summed E-state index contributed by atoms with van der Waals surface area (Å²) in [6.07, 6.45) is -2.82. The third kappa shape index (κ3) is 6.31. The van der Waals surface area contributed by atoms with E-state index in [4.69, 9.17) is 4.84 Å². The molecule has 11 heteroatoms. The molecule has 0 unspecified atom stereocenters. The fourth-order valence-electron chi connectivity index (χ4n) is 2.99. The van der Waals surface area contributed by atoms with Crippen LogP contribution in [0.15, 0.2) is 71.3 Å². The van der Waals surface area contributed by atoms with Gasteiger partial charge in [-0.2, -0.15) is 17.5 Å². The lowest BCUT2D eigenvalue weighted by Crippen LogP contribution is -2.37. The molecule has 0 radical (unpaired) electrons. The summed E-state index contributed by atoms with van der Waals surface area (Å²) in [7, 11) is -4.08. The summed E-state index contributed by atoms with van der Waals surface area (Å²) in [5.74, 6) is -0.327. The molecule has 172 valence electrons. The highest BCUT2D eigenvalue weighted by Gasteiger charge is 2.33. The highest BCUT2D eigenvalue weighted by Crippen LogP contribution is 2.31. The van der Waals surface area contributed by atoms with Crippen LogP contribution in [0.2, 0.25) is 0 Å². The van der Waals surface area contributed by atoms with Gasteiger partial charge in [0.2, 0.25) is 15.9 Å². The molecule has 2 aromatic rings. The standard InChI is InChI=1S/C21H22F3N3O4S/c22-21(23,24)17-7-4-8-19(13-17)32(29,30)27-11-9-18(10-12-27)26-31-15-20(28)25-14-16-5-2-1-3-6-16/h1-9,13,26H,10-12,14-15H2,(H,25,28). The van der Waals surface area contributed by atoms with Gasteiger partial charge in [-0.05, 0) is 29.8 Å². The van der Waals surface area contributed by atoms with Crippen molar-refractivity contribution in [2.45, 2.75) is 24.0 Å². The molecule has 0 fully saturated rings. The molecule has 1 heterocycles. The van der Waals surface area contributed by atoms with Crippen LogP contribution in [0.5, 0.6) is 0 Å². The number of halogens is 3. The van der Waals surface area contributed by atoms with Crippen LogP contribution in [-0.4, -0.2) is 38.3 Å². The summed E-state index contributed by atoms with van der Waals surface area (Å²) >= 11 is 0. The molecular weight excluding hydrogens is 447 g/mol. The van der Waals surface area contributed by atoms with Crippen molar-refractivity contribution in [3.63, 3.8) is 0 Å². The fraction of sp³-hybridized carbons (Fsp3) is 0.286. The van der Waals surface area contributed by atoms with Crippen LogP contribution in [0, 0.1) is 0 Å². The average molecular weight is 469 g/mol. The topological polar surface area (TPSA) is 87.7 Å². The van der Waals surface area contributed by atoms with E-state index < -0.39 is 26.7 Å². The zero-order chi connectivity index (χ0) is 23.2. The number of carbonyl (C=O) groups is 1. The molecule has 0 saturated carbocycles. The van der Waals surface area contributed by atoms with E-state index in [2.05, 4.69) is 10.8 Å². The van der Waals surface area contributed by atoms with Crippen LogP contribution < -0.4 is 10.8 Å². The number of hydroxylamine groups is 1. The van der Waals surface area contributed by atoms with Crippen LogP contribution in [0.1, 0.15) is 17.5 Å². The second-order valence-electron chi connectivity index (χ2n) is 7.02. The average Bonchev–Trinajstić information content (AvgIpc) is 2.78. The van der Waals surface area contributed by atoms with Crippen molar-refractivity contribution in [3.8, 4) is 0 Å². The summed E-state index contributed by atoms with van der Waals surface area (Å²) < 4.78 is 65.1. The molecular formula is C21H22F3N3O4S. The fourth-order valence-corrected chi connectivity index (χ4v) is 4.41. The lowest BCUT2D eigenvalue weighted by molar-refractivity contribution is -0.137.